The molecule has 360 valence electrons. The largest absolute Gasteiger partial charge is 0.507 e. The smallest absolute Gasteiger partial charge is 0.312 e. The lowest BCUT2D eigenvalue weighted by Crippen LogP contribution is -2.46. The van der Waals surface area contributed by atoms with Crippen molar-refractivity contribution in [3.63, 3.8) is 0 Å². The molecule has 2 aromatic carbocycles. The molecule has 1 amide bonds. The topological polar surface area (TPSA) is 223 Å². The number of aliphatic hydroxyl groups excluding tert-OH is 2. The summed E-state index contributed by atoms with van der Waals surface area (Å²) >= 11 is 0. The zero-order chi connectivity index (χ0) is 48.2. The average molecular weight is 909 g/mol. The lowest BCUT2D eigenvalue weighted by molar-refractivity contribution is -0.160. The van der Waals surface area contributed by atoms with E-state index in [4.69, 9.17) is 23.8 Å². The molecule has 0 aromatic heterocycles. The maximum Gasteiger partial charge on any atom is 0.312 e. The quantitative estimate of drug-likeness (QED) is 0.0245. The van der Waals surface area contributed by atoms with Crippen LogP contribution in [0.5, 0.6) is 23.0 Å². The number of unbranched alkanes of at least 4 members (excludes halogenated alkanes) is 9. The Balaban J connectivity index is 1.80. The van der Waals surface area contributed by atoms with Crippen molar-refractivity contribution < 1.29 is 63.7 Å². The number of esters is 1. The minimum absolute atomic E-state index is 0.0443. The fraction of sp³-hybridized carbons (Fsp3) is 0.600. The first-order valence-electron chi connectivity index (χ1n) is 23.1. The van der Waals surface area contributed by atoms with Crippen molar-refractivity contribution in [2.75, 3.05) is 19.0 Å². The van der Waals surface area contributed by atoms with Gasteiger partial charge in [0.2, 0.25) is 0 Å². The molecule has 0 saturated carbocycles. The molecule has 9 atom stereocenters. The number of anilines is 1. The number of amides is 1. The highest BCUT2D eigenvalue weighted by Gasteiger charge is 2.50. The number of hydrogen-bond acceptors (Lipinski definition) is 14. The second kappa shape index (κ2) is 23.9. The molecule has 5 bridgehead atoms. The van der Waals surface area contributed by atoms with Gasteiger partial charge in [0.25, 0.3) is 11.7 Å². The van der Waals surface area contributed by atoms with Gasteiger partial charge in [0.1, 0.15) is 30.0 Å². The summed E-state index contributed by atoms with van der Waals surface area (Å²) in [5, 5.41) is 64.6. The number of ketones is 1. The van der Waals surface area contributed by atoms with Crippen molar-refractivity contribution in [3.05, 3.63) is 52.8 Å². The maximum absolute atomic E-state index is 14.5. The summed E-state index contributed by atoms with van der Waals surface area (Å²) in [5.41, 5.74) is -0.526. The number of fused-ring (bicyclic) bond motifs is 14. The Morgan fingerprint density at radius 1 is 0.862 bits per heavy atom. The number of methoxy groups -OCH3 is 1. The van der Waals surface area contributed by atoms with Crippen molar-refractivity contribution in [2.24, 2.45) is 28.8 Å². The average Bonchev–Trinajstić information content (AvgIpc) is 3.54. The first-order valence-corrected chi connectivity index (χ1v) is 23.1. The van der Waals surface area contributed by atoms with Crippen molar-refractivity contribution in [2.45, 2.75) is 157 Å². The summed E-state index contributed by atoms with van der Waals surface area (Å²) in [6, 6.07) is 0. The normalized spacial score (nSPS) is 28.4. The first kappa shape index (κ1) is 52.5. The van der Waals surface area contributed by atoms with E-state index in [0.717, 1.165) is 31.9 Å². The molecule has 9 unspecified atom stereocenters. The van der Waals surface area contributed by atoms with Crippen LogP contribution in [-0.4, -0.2) is 93.3 Å². The summed E-state index contributed by atoms with van der Waals surface area (Å²) in [4.78, 5) is 46.2. The predicted molar refractivity (Wildman–Crippen MR) is 249 cm³/mol. The molecule has 3 heterocycles. The van der Waals surface area contributed by atoms with Crippen LogP contribution in [-0.2, 0) is 28.6 Å². The molecule has 0 saturated heterocycles. The Morgan fingerprint density at radius 3 is 2.11 bits per heavy atom. The number of carbonyl (C=O) groups is 3. The van der Waals surface area contributed by atoms with Crippen molar-refractivity contribution in [3.8, 4) is 23.0 Å². The van der Waals surface area contributed by atoms with Crippen molar-refractivity contribution in [1.29, 1.82) is 0 Å². The number of Topliss-reactive ketones (excluding diaryl/α,β-unsaturated/α-hetero) is 1. The first-order chi connectivity index (χ1) is 30.8. The molecular formula is C50H72N2O13. The van der Waals surface area contributed by atoms with Gasteiger partial charge in [0.15, 0.2) is 5.75 Å². The third kappa shape index (κ3) is 12.4. The molecule has 15 nitrogen and oxygen atoms in total. The SMILES string of the molecule is CCCCCCCCCCCCO/N=C\c1c2c(O)c3c(O)c(C)c4c(c3c1O)C(=O)C(C)(O/C=C/C(OC)C(C)C(OC(C)=O)C(C)C(O)C(C)C(O)C(C)/C=C/C=C(\C)C(=O)N2)O4. The van der Waals surface area contributed by atoms with E-state index in [-0.39, 0.29) is 51.1 Å². The Bertz CT molecular complexity index is 2110. The Morgan fingerprint density at radius 2 is 1.49 bits per heavy atom. The van der Waals surface area contributed by atoms with E-state index in [2.05, 4.69) is 17.4 Å². The van der Waals surface area contributed by atoms with Gasteiger partial charge < -0.3 is 54.6 Å². The molecule has 15 heteroatoms. The second-order valence-corrected chi connectivity index (χ2v) is 17.9. The molecule has 0 fully saturated rings. The lowest BCUT2D eigenvalue weighted by Gasteiger charge is -2.38. The summed E-state index contributed by atoms with van der Waals surface area (Å²) in [7, 11) is 1.44. The fourth-order valence-electron chi connectivity index (χ4n) is 8.67. The minimum Gasteiger partial charge on any atom is -0.507 e. The molecule has 65 heavy (non-hydrogen) atoms. The Hall–Kier alpha value is -5.12. The molecular weight excluding hydrogens is 837 g/mol. The van der Waals surface area contributed by atoms with E-state index in [1.54, 1.807) is 39.8 Å². The van der Waals surface area contributed by atoms with Crippen molar-refractivity contribution >= 4 is 40.3 Å². The lowest BCUT2D eigenvalue weighted by atomic mass is 9.78. The number of benzene rings is 2. The molecule has 6 N–H and O–H groups in total. The van der Waals surface area contributed by atoms with Crippen LogP contribution >= 0.6 is 0 Å². The predicted octanol–water partition coefficient (Wildman–Crippen LogP) is 9.03. The number of aromatic hydroxyl groups is 3. The zero-order valence-electron chi connectivity index (χ0n) is 39.8. The molecule has 0 radical (unpaired) electrons. The van der Waals surface area contributed by atoms with E-state index in [9.17, 15) is 39.9 Å². The van der Waals surface area contributed by atoms with Gasteiger partial charge in [-0.1, -0.05) is 109 Å². The van der Waals surface area contributed by atoms with E-state index >= 15 is 0 Å². The summed E-state index contributed by atoms with van der Waals surface area (Å²) < 4.78 is 23.6. The van der Waals surface area contributed by atoms with E-state index in [1.165, 1.54) is 91.7 Å². The number of rotatable bonds is 15. The van der Waals surface area contributed by atoms with E-state index in [0.29, 0.717) is 0 Å². The molecule has 0 spiro atoms. The van der Waals surface area contributed by atoms with E-state index < -0.39 is 88.8 Å². The number of hydrogen-bond donors (Lipinski definition) is 6. The summed E-state index contributed by atoms with van der Waals surface area (Å²) in [6.45, 7) is 15.0. The van der Waals surface area contributed by atoms with Crippen LogP contribution in [0.2, 0.25) is 0 Å². The number of aliphatic hydroxyl groups is 2. The Kier molecular flexibility index (Phi) is 19.3. The summed E-state index contributed by atoms with van der Waals surface area (Å²) in [5.74, 6) is -8.53. The number of nitrogens with zero attached hydrogens (tertiary/aromatic N) is 1. The van der Waals surface area contributed by atoms with Crippen LogP contribution in [0.3, 0.4) is 0 Å². The maximum atomic E-state index is 14.5. The van der Waals surface area contributed by atoms with Crippen molar-refractivity contribution in [1.82, 2.24) is 0 Å². The number of carbonyl (C=O) groups excluding carboxylic acids is 3. The number of oxime groups is 1. The van der Waals surface area contributed by atoms with Crippen LogP contribution in [0.15, 0.2) is 41.3 Å². The molecule has 3 aliphatic rings. The van der Waals surface area contributed by atoms with Gasteiger partial charge in [0, 0.05) is 61.2 Å². The highest BCUT2D eigenvalue weighted by Crippen LogP contribution is 2.55. The van der Waals surface area contributed by atoms with Crippen LogP contribution in [0.1, 0.15) is 141 Å². The number of phenols is 3. The molecule has 2 aromatic rings. The van der Waals surface area contributed by atoms with Crippen LogP contribution in [0.25, 0.3) is 10.8 Å². The van der Waals surface area contributed by atoms with Gasteiger partial charge in [-0.3, -0.25) is 14.4 Å². The standard InChI is InChI=1S/C50H72N2O13/c1-11-12-13-14-15-16-17-18-19-20-25-63-51-27-35-40-45(58)38-37(44(35)57)39-47(33(7)43(38)56)65-50(9,48(39)59)62-26-24-36(61-10)30(4)46(64-34(8)53)32(6)42(55)31(5)41(54)28(2)22-21-23-29(3)49(60)52-40/h21-24,26-28,30-32,36,41-42,46,54-58H,11-20,25H2,1-10H3,(H,52,60)/b22-21+,26-24+,29-23+,51-27-. The third-order valence-electron chi connectivity index (χ3n) is 12.9. The highest BCUT2D eigenvalue weighted by atomic mass is 16.7. The fourth-order valence-corrected chi connectivity index (χ4v) is 8.67. The molecule has 0 aliphatic carbocycles. The van der Waals surface area contributed by atoms with Crippen LogP contribution in [0, 0.1) is 30.6 Å². The number of nitrogens with one attached hydrogen (secondary N) is 1. The van der Waals surface area contributed by atoms with Gasteiger partial charge >= 0.3 is 11.8 Å². The van der Waals surface area contributed by atoms with Gasteiger partial charge in [0.05, 0.1) is 53.0 Å². The highest BCUT2D eigenvalue weighted by molar-refractivity contribution is 6.23. The molecule has 3 aliphatic heterocycles. The van der Waals surface area contributed by atoms with Crippen LogP contribution < -0.4 is 10.1 Å². The van der Waals surface area contributed by atoms with Gasteiger partial charge in [-0.05, 0) is 32.8 Å². The summed E-state index contributed by atoms with van der Waals surface area (Å²) in [6.07, 6.45) is 16.0. The Labute approximate surface area is 383 Å². The van der Waals surface area contributed by atoms with Gasteiger partial charge in [-0.25, -0.2) is 0 Å². The van der Waals surface area contributed by atoms with Gasteiger partial charge in [-0.15, -0.1) is 0 Å². The number of phenolic OH excluding ortho intramolecular Hbond substituents is 3. The van der Waals surface area contributed by atoms with Gasteiger partial charge in [-0.2, -0.15) is 0 Å². The third-order valence-corrected chi connectivity index (χ3v) is 12.9. The van der Waals surface area contributed by atoms with E-state index in [1.807, 2.05) is 0 Å². The number of ether oxygens (including phenoxy) is 4. The zero-order valence-corrected chi connectivity index (χ0v) is 39.8. The minimum atomic E-state index is -2.06. The van der Waals surface area contributed by atoms with Crippen LogP contribution in [0.4, 0.5) is 5.69 Å². The number of allylic oxidation sites excluding steroid dienone is 2. The molecule has 5 rings (SSSR count). The monoisotopic (exact) mass is 909 g/mol. The second-order valence-electron chi connectivity index (χ2n) is 17.9.